The van der Waals surface area contributed by atoms with Gasteiger partial charge in [-0.25, -0.2) is 0 Å². The molecule has 0 atom stereocenters. The van der Waals surface area contributed by atoms with Crippen LogP contribution in [-0.4, -0.2) is 42.4 Å². The van der Waals surface area contributed by atoms with Crippen molar-refractivity contribution in [2.75, 3.05) is 52.2 Å². The molecule has 0 fully saturated rings. The predicted octanol–water partition coefficient (Wildman–Crippen LogP) is 6.84. The number of methoxy groups -OCH3 is 2. The standard InChI is InChI=1S/C32H34N2O2/c1-33(2)27-15-7-23(8-16-27)31(25-11-19-29(35-5)20-12-25)32(26-13-21-30(36-6)22-14-26)24-9-17-28(18-10-24)34(3)4/h7-22H,1-6H3/b32-31-. The lowest BCUT2D eigenvalue weighted by Gasteiger charge is -2.20. The highest BCUT2D eigenvalue weighted by Crippen LogP contribution is 2.38. The van der Waals surface area contributed by atoms with Crippen molar-refractivity contribution in [2.45, 2.75) is 0 Å². The summed E-state index contributed by atoms with van der Waals surface area (Å²) in [6.07, 6.45) is 0. The van der Waals surface area contributed by atoms with Crippen LogP contribution in [0.2, 0.25) is 0 Å². The second-order valence-electron chi connectivity index (χ2n) is 9.09. The molecule has 4 aromatic carbocycles. The average Bonchev–Trinajstić information content (AvgIpc) is 2.92. The fourth-order valence-corrected chi connectivity index (χ4v) is 4.28. The third-order valence-electron chi connectivity index (χ3n) is 6.35. The monoisotopic (exact) mass is 478 g/mol. The SMILES string of the molecule is COc1ccc(/C(=C(\c2ccc(OC)cc2)c2ccc(N(C)C)cc2)c2ccc(N(C)C)cc2)cc1. The van der Waals surface area contributed by atoms with Crippen molar-refractivity contribution >= 4 is 22.5 Å². The molecule has 0 unspecified atom stereocenters. The Morgan fingerprint density at radius 1 is 0.417 bits per heavy atom. The zero-order chi connectivity index (χ0) is 25.7. The van der Waals surface area contributed by atoms with E-state index in [1.807, 2.05) is 24.3 Å². The van der Waals surface area contributed by atoms with Gasteiger partial charge in [0.25, 0.3) is 0 Å². The fourth-order valence-electron chi connectivity index (χ4n) is 4.28. The molecular formula is C32H34N2O2. The molecule has 0 saturated carbocycles. The van der Waals surface area contributed by atoms with E-state index >= 15 is 0 Å². The summed E-state index contributed by atoms with van der Waals surface area (Å²) in [5, 5.41) is 0. The van der Waals surface area contributed by atoms with Crippen LogP contribution in [0.15, 0.2) is 97.1 Å². The van der Waals surface area contributed by atoms with E-state index in [9.17, 15) is 0 Å². The molecule has 0 aliphatic carbocycles. The van der Waals surface area contributed by atoms with Crippen molar-refractivity contribution in [3.63, 3.8) is 0 Å². The van der Waals surface area contributed by atoms with Crippen LogP contribution in [0.5, 0.6) is 11.5 Å². The fraction of sp³-hybridized carbons (Fsp3) is 0.188. The van der Waals surface area contributed by atoms with Crippen LogP contribution in [0.25, 0.3) is 11.1 Å². The number of hydrogen-bond donors (Lipinski definition) is 0. The normalized spacial score (nSPS) is 11.5. The van der Waals surface area contributed by atoms with Gasteiger partial charge in [-0.2, -0.15) is 0 Å². The van der Waals surface area contributed by atoms with Crippen LogP contribution >= 0.6 is 0 Å². The van der Waals surface area contributed by atoms with Crippen molar-refractivity contribution in [1.82, 2.24) is 0 Å². The van der Waals surface area contributed by atoms with Gasteiger partial charge < -0.3 is 19.3 Å². The molecule has 0 radical (unpaired) electrons. The maximum absolute atomic E-state index is 5.45. The van der Waals surface area contributed by atoms with Gasteiger partial charge in [-0.15, -0.1) is 0 Å². The smallest absolute Gasteiger partial charge is 0.118 e. The Balaban J connectivity index is 2.02. The predicted molar refractivity (Wildman–Crippen MR) is 153 cm³/mol. The summed E-state index contributed by atoms with van der Waals surface area (Å²) in [6.45, 7) is 0. The molecule has 0 bridgehead atoms. The van der Waals surface area contributed by atoms with Gasteiger partial charge in [-0.3, -0.25) is 0 Å². The maximum atomic E-state index is 5.45. The second kappa shape index (κ2) is 11.0. The van der Waals surface area contributed by atoms with Crippen LogP contribution in [0, 0.1) is 0 Å². The Labute approximate surface area is 215 Å². The van der Waals surface area contributed by atoms with E-state index in [0.29, 0.717) is 0 Å². The van der Waals surface area contributed by atoms with E-state index < -0.39 is 0 Å². The van der Waals surface area contributed by atoms with E-state index in [1.54, 1.807) is 14.2 Å². The maximum Gasteiger partial charge on any atom is 0.118 e. The molecule has 0 amide bonds. The third kappa shape index (κ3) is 5.38. The van der Waals surface area contributed by atoms with Gasteiger partial charge in [-0.05, 0) is 81.9 Å². The average molecular weight is 479 g/mol. The molecule has 36 heavy (non-hydrogen) atoms. The molecule has 0 N–H and O–H groups in total. The molecule has 0 spiro atoms. The van der Waals surface area contributed by atoms with Crippen molar-refractivity contribution in [3.05, 3.63) is 119 Å². The lowest BCUT2D eigenvalue weighted by Crippen LogP contribution is -2.08. The van der Waals surface area contributed by atoms with Crippen LogP contribution in [0.4, 0.5) is 11.4 Å². The zero-order valence-corrected chi connectivity index (χ0v) is 21.9. The van der Waals surface area contributed by atoms with E-state index in [2.05, 4.69) is 111 Å². The molecule has 0 heterocycles. The van der Waals surface area contributed by atoms with Crippen LogP contribution in [0.3, 0.4) is 0 Å². The molecule has 0 aliphatic rings. The Bertz CT molecular complexity index is 1200. The second-order valence-corrected chi connectivity index (χ2v) is 9.09. The summed E-state index contributed by atoms with van der Waals surface area (Å²) in [5.41, 5.74) is 9.17. The van der Waals surface area contributed by atoms with Gasteiger partial charge in [-0.1, -0.05) is 48.5 Å². The largest absolute Gasteiger partial charge is 0.497 e. The number of benzene rings is 4. The molecule has 184 valence electrons. The highest BCUT2D eigenvalue weighted by atomic mass is 16.5. The highest BCUT2D eigenvalue weighted by Gasteiger charge is 2.17. The van der Waals surface area contributed by atoms with Crippen LogP contribution in [-0.2, 0) is 0 Å². The summed E-state index contributed by atoms with van der Waals surface area (Å²) in [5.74, 6) is 1.67. The van der Waals surface area contributed by atoms with Crippen molar-refractivity contribution in [3.8, 4) is 11.5 Å². The van der Waals surface area contributed by atoms with Crippen LogP contribution in [0.1, 0.15) is 22.3 Å². The number of rotatable bonds is 8. The first-order chi connectivity index (χ1) is 17.4. The first-order valence-corrected chi connectivity index (χ1v) is 12.0. The van der Waals surface area contributed by atoms with Gasteiger partial charge in [0.1, 0.15) is 11.5 Å². The number of ether oxygens (including phenoxy) is 2. The highest BCUT2D eigenvalue weighted by molar-refractivity contribution is 6.04. The minimum Gasteiger partial charge on any atom is -0.497 e. The topological polar surface area (TPSA) is 24.9 Å². The molecular weight excluding hydrogens is 444 g/mol. The number of hydrogen-bond acceptors (Lipinski definition) is 4. The quantitative estimate of drug-likeness (QED) is 0.259. The summed E-state index contributed by atoms with van der Waals surface area (Å²) < 4.78 is 10.9. The van der Waals surface area contributed by atoms with Gasteiger partial charge in [0, 0.05) is 39.6 Å². The molecule has 4 rings (SSSR count). The number of anilines is 2. The summed E-state index contributed by atoms with van der Waals surface area (Å²) in [6, 6.07) is 34.1. The van der Waals surface area contributed by atoms with E-state index in [4.69, 9.17) is 9.47 Å². The first kappa shape index (κ1) is 24.9. The molecule has 4 aromatic rings. The molecule has 0 aromatic heterocycles. The summed E-state index contributed by atoms with van der Waals surface area (Å²) in [7, 11) is 11.6. The van der Waals surface area contributed by atoms with E-state index in [1.165, 1.54) is 0 Å². The van der Waals surface area contributed by atoms with Crippen molar-refractivity contribution in [2.24, 2.45) is 0 Å². The lowest BCUT2D eigenvalue weighted by atomic mass is 9.85. The van der Waals surface area contributed by atoms with Gasteiger partial charge in [0.05, 0.1) is 14.2 Å². The van der Waals surface area contributed by atoms with Gasteiger partial charge >= 0.3 is 0 Å². The van der Waals surface area contributed by atoms with Gasteiger partial charge in [0.2, 0.25) is 0 Å². The zero-order valence-electron chi connectivity index (χ0n) is 21.9. The molecule has 0 saturated heterocycles. The van der Waals surface area contributed by atoms with Crippen molar-refractivity contribution in [1.29, 1.82) is 0 Å². The minimum atomic E-state index is 0.836. The Morgan fingerprint density at radius 3 is 0.889 bits per heavy atom. The Morgan fingerprint density at radius 2 is 0.667 bits per heavy atom. The molecule has 0 aliphatic heterocycles. The lowest BCUT2D eigenvalue weighted by molar-refractivity contribution is 0.414. The van der Waals surface area contributed by atoms with Crippen LogP contribution < -0.4 is 19.3 Å². The molecule has 4 nitrogen and oxygen atoms in total. The Kier molecular flexibility index (Phi) is 7.65. The first-order valence-electron chi connectivity index (χ1n) is 12.0. The Hall–Kier alpha value is -4.18. The summed E-state index contributed by atoms with van der Waals surface area (Å²) in [4.78, 5) is 4.23. The van der Waals surface area contributed by atoms with Gasteiger partial charge in [0.15, 0.2) is 0 Å². The van der Waals surface area contributed by atoms with E-state index in [0.717, 1.165) is 56.3 Å². The molecule has 4 heteroatoms. The number of nitrogens with zero attached hydrogens (tertiary/aromatic N) is 2. The van der Waals surface area contributed by atoms with E-state index in [-0.39, 0.29) is 0 Å². The third-order valence-corrected chi connectivity index (χ3v) is 6.35. The minimum absolute atomic E-state index is 0.836. The van der Waals surface area contributed by atoms with Crippen molar-refractivity contribution < 1.29 is 9.47 Å². The summed E-state index contributed by atoms with van der Waals surface area (Å²) >= 11 is 0.